The van der Waals surface area contributed by atoms with Crippen LogP contribution in [0, 0.1) is 12.8 Å². The predicted octanol–water partition coefficient (Wildman–Crippen LogP) is 4.55. The number of rotatable bonds is 4. The summed E-state index contributed by atoms with van der Waals surface area (Å²) in [4.78, 5) is 20.0. The van der Waals surface area contributed by atoms with Gasteiger partial charge in [-0.3, -0.25) is 4.79 Å². The number of hydrogen-bond acceptors (Lipinski definition) is 4. The summed E-state index contributed by atoms with van der Waals surface area (Å²) >= 11 is 0. The van der Waals surface area contributed by atoms with Crippen LogP contribution >= 0.6 is 0 Å². The summed E-state index contributed by atoms with van der Waals surface area (Å²) in [5.41, 5.74) is 4.78. The molecule has 1 amide bonds. The monoisotopic (exact) mass is 404 g/mol. The Bertz CT molecular complexity index is 1090. The van der Waals surface area contributed by atoms with E-state index in [1.807, 2.05) is 35.2 Å². The van der Waals surface area contributed by atoms with Crippen molar-refractivity contribution >= 4 is 11.6 Å². The van der Waals surface area contributed by atoms with Crippen LogP contribution < -0.4 is 9.64 Å². The van der Waals surface area contributed by atoms with Gasteiger partial charge in [0.05, 0.1) is 18.4 Å². The molecule has 0 bridgehead atoms. The summed E-state index contributed by atoms with van der Waals surface area (Å²) in [6.07, 6.45) is 2.67. The largest absolute Gasteiger partial charge is 0.496 e. The van der Waals surface area contributed by atoms with Gasteiger partial charge in [-0.15, -0.1) is 0 Å². The van der Waals surface area contributed by atoms with Crippen LogP contribution in [-0.2, 0) is 6.42 Å². The second kappa shape index (κ2) is 7.94. The van der Waals surface area contributed by atoms with E-state index in [0.717, 1.165) is 23.6 Å². The molecule has 0 fully saturated rings. The summed E-state index contributed by atoms with van der Waals surface area (Å²) in [5.74, 6) is 1.89. The first-order valence-corrected chi connectivity index (χ1v) is 10.4. The number of aryl methyl sites for hydroxylation is 1. The number of fused-ring (bicyclic) bond motifs is 1. The average Bonchev–Trinajstić information content (AvgIpc) is 3.23. The maximum Gasteiger partial charge on any atom is 0.262 e. The Hall–Kier alpha value is -3.15. The molecule has 156 valence electrons. The van der Waals surface area contributed by atoms with Gasteiger partial charge in [0.1, 0.15) is 12.1 Å². The molecule has 6 nitrogen and oxygen atoms in total. The fourth-order valence-corrected chi connectivity index (χ4v) is 4.04. The topological polar surface area (TPSA) is 60.2 Å². The molecule has 3 aromatic rings. The zero-order chi connectivity index (χ0) is 21.4. The second-order valence-electron chi connectivity index (χ2n) is 8.38. The van der Waals surface area contributed by atoms with E-state index in [1.165, 1.54) is 11.1 Å². The smallest absolute Gasteiger partial charge is 0.262 e. The number of anilines is 1. The van der Waals surface area contributed by atoms with E-state index < -0.39 is 0 Å². The first-order valence-electron chi connectivity index (χ1n) is 10.4. The van der Waals surface area contributed by atoms with Gasteiger partial charge in [-0.1, -0.05) is 32.9 Å². The molecule has 4 rings (SSSR count). The van der Waals surface area contributed by atoms with Crippen molar-refractivity contribution in [1.82, 2.24) is 14.8 Å². The summed E-state index contributed by atoms with van der Waals surface area (Å²) in [7, 11) is 1.59. The van der Waals surface area contributed by atoms with Gasteiger partial charge in [-0.05, 0) is 54.7 Å². The fourth-order valence-electron chi connectivity index (χ4n) is 4.04. The van der Waals surface area contributed by atoms with E-state index in [4.69, 9.17) is 4.74 Å². The first-order chi connectivity index (χ1) is 14.4. The van der Waals surface area contributed by atoms with Gasteiger partial charge in [0.25, 0.3) is 5.91 Å². The lowest BCUT2D eigenvalue weighted by atomic mass is 9.90. The Morgan fingerprint density at radius 3 is 2.73 bits per heavy atom. The Labute approximate surface area is 177 Å². The van der Waals surface area contributed by atoms with Crippen LogP contribution in [0.1, 0.15) is 54.0 Å². The van der Waals surface area contributed by atoms with Gasteiger partial charge in [0.2, 0.25) is 0 Å². The van der Waals surface area contributed by atoms with Crippen molar-refractivity contribution in [2.75, 3.05) is 18.6 Å². The number of hydrogen-bond donors (Lipinski definition) is 0. The van der Waals surface area contributed by atoms with E-state index >= 15 is 0 Å². The Morgan fingerprint density at radius 1 is 1.23 bits per heavy atom. The molecular formula is C24H28N4O2. The van der Waals surface area contributed by atoms with Crippen molar-refractivity contribution in [2.24, 2.45) is 5.92 Å². The molecule has 0 saturated carbocycles. The van der Waals surface area contributed by atoms with Gasteiger partial charge >= 0.3 is 0 Å². The molecule has 0 radical (unpaired) electrons. The van der Waals surface area contributed by atoms with E-state index in [9.17, 15) is 4.79 Å². The molecule has 2 aromatic carbocycles. The second-order valence-corrected chi connectivity index (χ2v) is 8.38. The van der Waals surface area contributed by atoms with Crippen molar-refractivity contribution < 1.29 is 9.53 Å². The highest BCUT2D eigenvalue weighted by molar-refractivity contribution is 6.09. The van der Waals surface area contributed by atoms with Gasteiger partial charge < -0.3 is 9.64 Å². The molecule has 0 spiro atoms. The van der Waals surface area contributed by atoms with Crippen molar-refractivity contribution in [3.8, 4) is 11.4 Å². The van der Waals surface area contributed by atoms with E-state index in [0.29, 0.717) is 23.8 Å². The molecule has 30 heavy (non-hydrogen) atoms. The quantitative estimate of drug-likeness (QED) is 0.640. The standard InChI is InChI=1S/C24H28N4O2/c1-15(2)23-25-14-28(26-23)18-9-10-22(30-5)20(12-18)24(29)27-13-16(3)11-19-17(4)7-6-8-21(19)27/h6-10,12,14-16H,11,13H2,1-5H3/t16-/m1/s1. The molecule has 6 heteroatoms. The molecule has 1 atom stereocenters. The van der Waals surface area contributed by atoms with Crippen molar-refractivity contribution in [1.29, 1.82) is 0 Å². The molecular weight excluding hydrogens is 376 g/mol. The zero-order valence-electron chi connectivity index (χ0n) is 18.2. The molecule has 0 N–H and O–H groups in total. The fraction of sp³-hybridized carbons (Fsp3) is 0.375. The summed E-state index contributed by atoms with van der Waals surface area (Å²) in [6, 6.07) is 11.7. The summed E-state index contributed by atoms with van der Waals surface area (Å²) in [6.45, 7) is 9.09. The predicted molar refractivity (Wildman–Crippen MR) is 118 cm³/mol. The number of aromatic nitrogens is 3. The number of ether oxygens (including phenoxy) is 1. The lowest BCUT2D eigenvalue weighted by Gasteiger charge is -2.34. The third kappa shape index (κ3) is 3.58. The minimum absolute atomic E-state index is 0.0590. The zero-order valence-corrected chi connectivity index (χ0v) is 18.2. The van der Waals surface area contributed by atoms with E-state index in [2.05, 4.69) is 43.8 Å². The molecule has 0 saturated heterocycles. The van der Waals surface area contributed by atoms with E-state index in [-0.39, 0.29) is 11.8 Å². The Balaban J connectivity index is 1.76. The lowest BCUT2D eigenvalue weighted by Crippen LogP contribution is -2.39. The van der Waals surface area contributed by atoms with Crippen LogP contribution in [0.3, 0.4) is 0 Å². The van der Waals surface area contributed by atoms with Crippen LogP contribution in [0.5, 0.6) is 5.75 Å². The number of amides is 1. The van der Waals surface area contributed by atoms with Crippen LogP contribution in [0.2, 0.25) is 0 Å². The number of carbonyl (C=O) groups is 1. The number of carbonyl (C=O) groups excluding carboxylic acids is 1. The normalized spacial score (nSPS) is 15.9. The van der Waals surface area contributed by atoms with E-state index in [1.54, 1.807) is 18.1 Å². The Kier molecular flexibility index (Phi) is 5.33. The molecule has 0 aliphatic carbocycles. The first kappa shape index (κ1) is 20.1. The maximum absolute atomic E-state index is 13.7. The average molecular weight is 405 g/mol. The molecule has 1 aromatic heterocycles. The van der Waals surface area contributed by atoms with Gasteiger partial charge in [-0.25, -0.2) is 9.67 Å². The highest BCUT2D eigenvalue weighted by Crippen LogP contribution is 2.34. The van der Waals surface area contributed by atoms with Crippen LogP contribution in [0.25, 0.3) is 5.69 Å². The van der Waals surface area contributed by atoms with Crippen molar-refractivity contribution in [3.05, 3.63) is 65.2 Å². The molecule has 2 heterocycles. The summed E-state index contributed by atoms with van der Waals surface area (Å²) in [5, 5.41) is 4.55. The van der Waals surface area contributed by atoms with Crippen molar-refractivity contribution in [2.45, 2.75) is 40.0 Å². The molecule has 1 aliphatic heterocycles. The van der Waals surface area contributed by atoms with Crippen molar-refractivity contribution in [3.63, 3.8) is 0 Å². The summed E-state index contributed by atoms with van der Waals surface area (Å²) < 4.78 is 7.25. The number of methoxy groups -OCH3 is 1. The lowest BCUT2D eigenvalue weighted by molar-refractivity contribution is 0.0978. The third-order valence-electron chi connectivity index (χ3n) is 5.67. The minimum atomic E-state index is -0.0590. The SMILES string of the molecule is COc1ccc(-n2cnc(C(C)C)n2)cc1C(=O)N1C[C@H](C)Cc2c(C)cccc21. The number of benzene rings is 2. The highest BCUT2D eigenvalue weighted by Gasteiger charge is 2.29. The minimum Gasteiger partial charge on any atom is -0.496 e. The third-order valence-corrected chi connectivity index (χ3v) is 5.67. The maximum atomic E-state index is 13.7. The number of nitrogens with zero attached hydrogens (tertiary/aromatic N) is 4. The van der Waals surface area contributed by atoms with Crippen LogP contribution in [0.4, 0.5) is 5.69 Å². The highest BCUT2D eigenvalue weighted by atomic mass is 16.5. The van der Waals surface area contributed by atoms with Gasteiger partial charge in [-0.2, -0.15) is 5.10 Å². The van der Waals surface area contributed by atoms with Gasteiger partial charge in [0, 0.05) is 18.2 Å². The molecule has 1 aliphatic rings. The Morgan fingerprint density at radius 2 is 2.03 bits per heavy atom. The van der Waals surface area contributed by atoms with Crippen LogP contribution in [-0.4, -0.2) is 34.3 Å². The molecule has 0 unspecified atom stereocenters. The van der Waals surface area contributed by atoms with Gasteiger partial charge in [0.15, 0.2) is 5.82 Å². The van der Waals surface area contributed by atoms with Crippen LogP contribution in [0.15, 0.2) is 42.7 Å².